The van der Waals surface area contributed by atoms with Crippen LogP contribution in [0.4, 0.5) is 0 Å². The van der Waals surface area contributed by atoms with E-state index in [4.69, 9.17) is 9.47 Å². The number of nitrogens with one attached hydrogen (secondary N) is 1. The van der Waals surface area contributed by atoms with E-state index in [2.05, 4.69) is 43.4 Å². The number of methoxy groups -OCH3 is 2. The molecule has 0 saturated carbocycles. The number of aliphatic hydroxyl groups is 1. The highest BCUT2D eigenvalue weighted by molar-refractivity contribution is 5.33. The summed E-state index contributed by atoms with van der Waals surface area (Å²) in [4.78, 5) is 0. The molecule has 0 spiro atoms. The molecule has 0 unspecified atom stereocenters. The molecule has 1 saturated heterocycles. The lowest BCUT2D eigenvalue weighted by Crippen LogP contribution is -2.52. The zero-order chi connectivity index (χ0) is 19.4. The Morgan fingerprint density at radius 2 is 1.48 bits per heavy atom. The van der Waals surface area contributed by atoms with Crippen molar-refractivity contribution in [3.05, 3.63) is 59.7 Å². The highest BCUT2D eigenvalue weighted by Crippen LogP contribution is 2.45. The van der Waals surface area contributed by atoms with Crippen molar-refractivity contribution in [2.24, 2.45) is 5.92 Å². The van der Waals surface area contributed by atoms with Crippen LogP contribution >= 0.6 is 0 Å². The van der Waals surface area contributed by atoms with Crippen LogP contribution in [0.15, 0.2) is 48.5 Å². The molecule has 2 N–H and O–H groups in total. The first kappa shape index (κ1) is 19.7. The fourth-order valence-corrected chi connectivity index (χ4v) is 4.28. The van der Waals surface area contributed by atoms with Crippen molar-refractivity contribution in [2.45, 2.75) is 50.8 Å². The fraction of sp³-hybridized carbons (Fsp3) is 0.478. The largest absolute Gasteiger partial charge is 0.497 e. The lowest BCUT2D eigenvalue weighted by molar-refractivity contribution is -0.0743. The molecular weight excluding hydrogens is 338 g/mol. The van der Waals surface area contributed by atoms with E-state index in [0.717, 1.165) is 24.3 Å². The number of piperidine rings is 1. The standard InChI is InChI=1S/C23H31NO3/c1-5-14-23(25)15-21(17-6-10-19(26-3)11-7-17)24-22(16(23)2)18-8-12-20(27-4)13-9-18/h6-13,16,21-22,24-25H,5,14-15H2,1-4H3/t16-,21-,22+,23+/m0/s1. The van der Waals surface area contributed by atoms with Gasteiger partial charge in [-0.3, -0.25) is 0 Å². The Kier molecular flexibility index (Phi) is 6.08. The Morgan fingerprint density at radius 3 is 1.96 bits per heavy atom. The van der Waals surface area contributed by atoms with Crippen molar-refractivity contribution >= 4 is 0 Å². The summed E-state index contributed by atoms with van der Waals surface area (Å²) in [6, 6.07) is 16.5. The maximum absolute atomic E-state index is 11.5. The van der Waals surface area contributed by atoms with Crippen LogP contribution < -0.4 is 14.8 Å². The van der Waals surface area contributed by atoms with E-state index in [1.54, 1.807) is 14.2 Å². The van der Waals surface area contributed by atoms with Gasteiger partial charge in [0, 0.05) is 18.0 Å². The van der Waals surface area contributed by atoms with Crippen LogP contribution in [-0.2, 0) is 0 Å². The van der Waals surface area contributed by atoms with E-state index < -0.39 is 5.60 Å². The van der Waals surface area contributed by atoms with Crippen LogP contribution in [0.3, 0.4) is 0 Å². The summed E-state index contributed by atoms with van der Waals surface area (Å²) in [6.07, 6.45) is 2.47. The second-order valence-electron chi connectivity index (χ2n) is 7.59. The minimum atomic E-state index is -0.699. The predicted octanol–water partition coefficient (Wildman–Crippen LogP) is 4.65. The van der Waals surface area contributed by atoms with E-state index in [-0.39, 0.29) is 18.0 Å². The van der Waals surface area contributed by atoms with Gasteiger partial charge in [0.05, 0.1) is 19.8 Å². The normalized spacial score (nSPS) is 28.0. The molecule has 0 aliphatic carbocycles. The number of rotatable bonds is 6. The summed E-state index contributed by atoms with van der Waals surface area (Å²) in [5, 5.41) is 15.3. The van der Waals surface area contributed by atoms with E-state index in [1.165, 1.54) is 11.1 Å². The molecule has 4 nitrogen and oxygen atoms in total. The van der Waals surface area contributed by atoms with E-state index in [1.807, 2.05) is 24.3 Å². The first-order chi connectivity index (χ1) is 13.0. The second-order valence-corrected chi connectivity index (χ2v) is 7.59. The summed E-state index contributed by atoms with van der Waals surface area (Å²) in [7, 11) is 3.35. The molecule has 4 atom stereocenters. The van der Waals surface area contributed by atoms with Gasteiger partial charge in [-0.1, -0.05) is 44.5 Å². The SMILES string of the molecule is CCC[C@@]1(O)C[C@@H](c2ccc(OC)cc2)N[C@@H](c2ccc(OC)cc2)[C@@H]1C. The maximum atomic E-state index is 11.5. The van der Waals surface area contributed by atoms with Gasteiger partial charge < -0.3 is 19.9 Å². The molecule has 1 aliphatic rings. The Hall–Kier alpha value is -2.04. The van der Waals surface area contributed by atoms with Crippen LogP contribution in [0.25, 0.3) is 0 Å². The van der Waals surface area contributed by atoms with Crippen LogP contribution in [0.5, 0.6) is 11.5 Å². The zero-order valence-electron chi connectivity index (χ0n) is 16.7. The summed E-state index contributed by atoms with van der Waals surface area (Å²) >= 11 is 0. The summed E-state index contributed by atoms with van der Waals surface area (Å²) in [6.45, 7) is 4.29. The minimum Gasteiger partial charge on any atom is -0.497 e. The topological polar surface area (TPSA) is 50.7 Å². The lowest BCUT2D eigenvalue weighted by Gasteiger charge is -2.48. The van der Waals surface area contributed by atoms with Gasteiger partial charge in [-0.2, -0.15) is 0 Å². The van der Waals surface area contributed by atoms with Gasteiger partial charge in [0.2, 0.25) is 0 Å². The highest BCUT2D eigenvalue weighted by atomic mass is 16.5. The monoisotopic (exact) mass is 369 g/mol. The van der Waals surface area contributed by atoms with Crippen molar-refractivity contribution in [1.82, 2.24) is 5.32 Å². The van der Waals surface area contributed by atoms with Crippen LogP contribution in [0.1, 0.15) is 56.3 Å². The quantitative estimate of drug-likeness (QED) is 0.778. The molecule has 0 radical (unpaired) electrons. The Labute approximate surface area is 162 Å². The third kappa shape index (κ3) is 4.12. The maximum Gasteiger partial charge on any atom is 0.118 e. The molecule has 0 bridgehead atoms. The first-order valence-corrected chi connectivity index (χ1v) is 9.77. The smallest absolute Gasteiger partial charge is 0.118 e. The third-order valence-corrected chi connectivity index (χ3v) is 5.96. The fourth-order valence-electron chi connectivity index (χ4n) is 4.28. The van der Waals surface area contributed by atoms with Crippen molar-refractivity contribution in [3.8, 4) is 11.5 Å². The first-order valence-electron chi connectivity index (χ1n) is 9.77. The van der Waals surface area contributed by atoms with Crippen molar-refractivity contribution in [2.75, 3.05) is 14.2 Å². The Bertz CT molecular complexity index is 728. The molecule has 0 aromatic heterocycles. The number of benzene rings is 2. The average Bonchev–Trinajstić information content (AvgIpc) is 2.70. The molecule has 2 aromatic carbocycles. The van der Waals surface area contributed by atoms with Gasteiger partial charge >= 0.3 is 0 Å². The minimum absolute atomic E-state index is 0.0771. The van der Waals surface area contributed by atoms with Gasteiger partial charge in [-0.15, -0.1) is 0 Å². The van der Waals surface area contributed by atoms with Crippen LogP contribution in [0, 0.1) is 5.92 Å². The molecule has 1 fully saturated rings. The van der Waals surface area contributed by atoms with Crippen LogP contribution in [0.2, 0.25) is 0 Å². The molecule has 1 heterocycles. The molecular formula is C23H31NO3. The van der Waals surface area contributed by atoms with Gasteiger partial charge in [0.1, 0.15) is 11.5 Å². The summed E-state index contributed by atoms with van der Waals surface area (Å²) in [5.41, 5.74) is 1.65. The second kappa shape index (κ2) is 8.32. The van der Waals surface area contributed by atoms with Crippen molar-refractivity contribution < 1.29 is 14.6 Å². The van der Waals surface area contributed by atoms with E-state index in [0.29, 0.717) is 6.42 Å². The van der Waals surface area contributed by atoms with Crippen LogP contribution in [-0.4, -0.2) is 24.9 Å². The Morgan fingerprint density at radius 1 is 0.963 bits per heavy atom. The van der Waals surface area contributed by atoms with Gasteiger partial charge in [-0.25, -0.2) is 0 Å². The lowest BCUT2D eigenvalue weighted by atomic mass is 9.70. The number of hydrogen-bond donors (Lipinski definition) is 2. The number of ether oxygens (including phenoxy) is 2. The van der Waals surface area contributed by atoms with Gasteiger partial charge in [0.25, 0.3) is 0 Å². The molecule has 146 valence electrons. The van der Waals surface area contributed by atoms with E-state index in [9.17, 15) is 5.11 Å². The summed E-state index contributed by atoms with van der Waals surface area (Å²) < 4.78 is 10.6. The van der Waals surface area contributed by atoms with Crippen molar-refractivity contribution in [3.63, 3.8) is 0 Å². The molecule has 3 rings (SSSR count). The average molecular weight is 370 g/mol. The van der Waals surface area contributed by atoms with Gasteiger partial charge in [-0.05, 0) is 48.2 Å². The number of hydrogen-bond acceptors (Lipinski definition) is 4. The predicted molar refractivity (Wildman–Crippen MR) is 108 cm³/mol. The molecule has 4 heteroatoms. The zero-order valence-corrected chi connectivity index (χ0v) is 16.7. The molecule has 0 amide bonds. The van der Waals surface area contributed by atoms with Gasteiger partial charge in [0.15, 0.2) is 0 Å². The third-order valence-electron chi connectivity index (χ3n) is 5.96. The molecule has 27 heavy (non-hydrogen) atoms. The van der Waals surface area contributed by atoms with Crippen molar-refractivity contribution in [1.29, 1.82) is 0 Å². The highest BCUT2D eigenvalue weighted by Gasteiger charge is 2.45. The van der Waals surface area contributed by atoms with E-state index >= 15 is 0 Å². The Balaban J connectivity index is 1.93. The summed E-state index contributed by atoms with van der Waals surface area (Å²) in [5.74, 6) is 1.80. The molecule has 1 aliphatic heterocycles. The molecule has 2 aromatic rings.